The SMILES string of the molecule is CCCO/N=C(\C)C(Cc1ccc(OCc2nc(-c3ccccc3)oc2C)cc1)C(=O)O. The van der Waals surface area contributed by atoms with E-state index in [0.717, 1.165) is 23.2 Å². The Labute approximate surface area is 187 Å². The van der Waals surface area contributed by atoms with Crippen LogP contribution in [-0.4, -0.2) is 28.4 Å². The predicted molar refractivity (Wildman–Crippen MR) is 122 cm³/mol. The van der Waals surface area contributed by atoms with Gasteiger partial charge in [0.05, 0.1) is 5.71 Å². The number of hydrogen-bond acceptors (Lipinski definition) is 6. The van der Waals surface area contributed by atoms with Crippen LogP contribution in [0.15, 0.2) is 64.2 Å². The maximum atomic E-state index is 11.7. The van der Waals surface area contributed by atoms with Gasteiger partial charge in [-0.25, -0.2) is 4.98 Å². The number of carboxylic acids is 1. The first-order valence-electron chi connectivity index (χ1n) is 10.6. The van der Waals surface area contributed by atoms with Crippen LogP contribution in [0.2, 0.25) is 0 Å². The van der Waals surface area contributed by atoms with Gasteiger partial charge in [0.2, 0.25) is 5.89 Å². The number of aliphatic carboxylic acids is 1. The number of aromatic nitrogens is 1. The van der Waals surface area contributed by atoms with E-state index >= 15 is 0 Å². The summed E-state index contributed by atoms with van der Waals surface area (Å²) >= 11 is 0. The molecule has 1 unspecified atom stereocenters. The molecule has 0 spiro atoms. The van der Waals surface area contributed by atoms with Gasteiger partial charge in [-0.1, -0.05) is 42.4 Å². The van der Waals surface area contributed by atoms with Crippen LogP contribution in [0.3, 0.4) is 0 Å². The van der Waals surface area contributed by atoms with E-state index in [-0.39, 0.29) is 6.61 Å². The lowest BCUT2D eigenvalue weighted by atomic mass is 9.95. The highest BCUT2D eigenvalue weighted by Gasteiger charge is 2.22. The van der Waals surface area contributed by atoms with Gasteiger partial charge in [0.25, 0.3) is 0 Å². The normalized spacial score (nSPS) is 12.4. The monoisotopic (exact) mass is 436 g/mol. The van der Waals surface area contributed by atoms with Crippen molar-refractivity contribution in [2.45, 2.75) is 40.2 Å². The molecule has 0 bridgehead atoms. The molecule has 0 saturated heterocycles. The molecule has 0 radical (unpaired) electrons. The average Bonchev–Trinajstić information content (AvgIpc) is 3.18. The fourth-order valence-electron chi connectivity index (χ4n) is 3.09. The summed E-state index contributed by atoms with van der Waals surface area (Å²) in [7, 11) is 0. The number of rotatable bonds is 11. The first-order chi connectivity index (χ1) is 15.5. The minimum Gasteiger partial charge on any atom is -0.487 e. The third-order valence-corrected chi connectivity index (χ3v) is 4.96. The van der Waals surface area contributed by atoms with Crippen molar-refractivity contribution in [3.63, 3.8) is 0 Å². The zero-order chi connectivity index (χ0) is 22.9. The molecular formula is C25H28N2O5. The Balaban J connectivity index is 1.60. The van der Waals surface area contributed by atoms with Crippen LogP contribution < -0.4 is 4.74 Å². The molecule has 0 aliphatic carbocycles. The number of carboxylic acid groups (broad SMARTS) is 1. The van der Waals surface area contributed by atoms with Crippen molar-refractivity contribution in [3.05, 3.63) is 71.6 Å². The number of oxime groups is 1. The summed E-state index contributed by atoms with van der Waals surface area (Å²) in [5, 5.41) is 13.5. The minimum atomic E-state index is -0.928. The van der Waals surface area contributed by atoms with E-state index in [9.17, 15) is 9.90 Å². The summed E-state index contributed by atoms with van der Waals surface area (Å²) in [6.45, 7) is 6.25. The van der Waals surface area contributed by atoms with Gasteiger partial charge in [-0.05, 0) is 56.5 Å². The molecular weight excluding hydrogens is 408 g/mol. The molecule has 0 aliphatic heterocycles. The summed E-state index contributed by atoms with van der Waals surface area (Å²) in [6, 6.07) is 17.1. The van der Waals surface area contributed by atoms with Gasteiger partial charge in [0, 0.05) is 5.56 Å². The standard InChI is InChI=1S/C25H28N2O5/c1-4-14-31-27-17(2)22(25(28)29)15-19-10-12-21(13-11-19)30-16-23-18(3)32-24(26-23)20-8-6-5-7-9-20/h5-13,22H,4,14-16H2,1-3H3,(H,28,29)/b27-17+. The summed E-state index contributed by atoms with van der Waals surface area (Å²) in [4.78, 5) is 21.3. The number of aryl methyl sites for hydroxylation is 1. The van der Waals surface area contributed by atoms with Gasteiger partial charge in [0.15, 0.2) is 0 Å². The van der Waals surface area contributed by atoms with E-state index in [2.05, 4.69) is 10.1 Å². The van der Waals surface area contributed by atoms with Crippen LogP contribution in [-0.2, 0) is 22.7 Å². The molecule has 2 aromatic carbocycles. The quantitative estimate of drug-likeness (QED) is 0.250. The number of benzene rings is 2. The number of carbonyl (C=O) groups is 1. The van der Waals surface area contributed by atoms with E-state index in [1.54, 1.807) is 6.92 Å². The Morgan fingerprint density at radius 2 is 1.88 bits per heavy atom. The highest BCUT2D eigenvalue weighted by Crippen LogP contribution is 2.23. The third-order valence-electron chi connectivity index (χ3n) is 4.96. The number of oxazole rings is 1. The lowest BCUT2D eigenvalue weighted by Gasteiger charge is -2.12. The maximum absolute atomic E-state index is 11.7. The van der Waals surface area contributed by atoms with Crippen LogP contribution in [0.25, 0.3) is 11.5 Å². The van der Waals surface area contributed by atoms with Crippen LogP contribution in [0.4, 0.5) is 0 Å². The Bertz CT molecular complexity index is 1040. The molecule has 3 aromatic rings. The molecule has 1 N–H and O–H groups in total. The Morgan fingerprint density at radius 1 is 1.16 bits per heavy atom. The maximum Gasteiger partial charge on any atom is 0.312 e. The fourth-order valence-corrected chi connectivity index (χ4v) is 3.09. The predicted octanol–water partition coefficient (Wildman–Crippen LogP) is 5.27. The minimum absolute atomic E-state index is 0.278. The van der Waals surface area contributed by atoms with E-state index in [1.807, 2.05) is 68.4 Å². The van der Waals surface area contributed by atoms with Gasteiger partial charge in [-0.15, -0.1) is 0 Å². The van der Waals surface area contributed by atoms with E-state index in [0.29, 0.717) is 36.1 Å². The van der Waals surface area contributed by atoms with Gasteiger partial charge in [-0.3, -0.25) is 4.79 Å². The molecule has 168 valence electrons. The molecule has 1 heterocycles. The van der Waals surface area contributed by atoms with Crippen LogP contribution in [0, 0.1) is 12.8 Å². The van der Waals surface area contributed by atoms with E-state index in [1.165, 1.54) is 0 Å². The largest absolute Gasteiger partial charge is 0.487 e. The van der Waals surface area contributed by atoms with Crippen LogP contribution >= 0.6 is 0 Å². The molecule has 32 heavy (non-hydrogen) atoms. The van der Waals surface area contributed by atoms with E-state index < -0.39 is 11.9 Å². The van der Waals surface area contributed by atoms with Crippen molar-refractivity contribution in [1.29, 1.82) is 0 Å². The fraction of sp³-hybridized carbons (Fsp3) is 0.320. The zero-order valence-corrected chi connectivity index (χ0v) is 18.6. The first-order valence-corrected chi connectivity index (χ1v) is 10.6. The molecule has 3 rings (SSSR count). The smallest absolute Gasteiger partial charge is 0.312 e. The first kappa shape index (κ1) is 23.1. The lowest BCUT2D eigenvalue weighted by molar-refractivity contribution is -0.139. The summed E-state index contributed by atoms with van der Waals surface area (Å²) < 4.78 is 11.6. The van der Waals surface area contributed by atoms with Crippen molar-refractivity contribution in [2.24, 2.45) is 11.1 Å². The Hall–Kier alpha value is -3.61. The second kappa shape index (κ2) is 11.1. The molecule has 0 amide bonds. The number of ether oxygens (including phenoxy) is 1. The van der Waals surface area contributed by atoms with Crippen LogP contribution in [0.1, 0.15) is 37.3 Å². The van der Waals surface area contributed by atoms with Crippen LogP contribution in [0.5, 0.6) is 5.75 Å². The van der Waals surface area contributed by atoms with Gasteiger partial charge < -0.3 is 19.1 Å². The molecule has 0 fully saturated rings. The molecule has 0 saturated carbocycles. The highest BCUT2D eigenvalue weighted by molar-refractivity contribution is 6.00. The van der Waals surface area contributed by atoms with E-state index in [4.69, 9.17) is 14.0 Å². The van der Waals surface area contributed by atoms with Crippen molar-refractivity contribution >= 4 is 11.7 Å². The molecule has 7 heteroatoms. The second-order valence-electron chi connectivity index (χ2n) is 7.48. The topological polar surface area (TPSA) is 94.2 Å². The molecule has 1 atom stereocenters. The van der Waals surface area contributed by atoms with Crippen molar-refractivity contribution in [2.75, 3.05) is 6.61 Å². The summed E-state index contributed by atoms with van der Waals surface area (Å²) in [5.74, 6) is 0.276. The Morgan fingerprint density at radius 3 is 2.53 bits per heavy atom. The number of nitrogens with zero attached hydrogens (tertiary/aromatic N) is 2. The van der Waals surface area contributed by atoms with Crippen molar-refractivity contribution < 1.29 is 23.9 Å². The van der Waals surface area contributed by atoms with Crippen molar-refractivity contribution in [3.8, 4) is 17.2 Å². The van der Waals surface area contributed by atoms with Gasteiger partial charge >= 0.3 is 5.97 Å². The summed E-state index contributed by atoms with van der Waals surface area (Å²) in [6.07, 6.45) is 1.14. The molecule has 1 aromatic heterocycles. The lowest BCUT2D eigenvalue weighted by Crippen LogP contribution is -2.24. The second-order valence-corrected chi connectivity index (χ2v) is 7.48. The highest BCUT2D eigenvalue weighted by atomic mass is 16.6. The molecule has 7 nitrogen and oxygen atoms in total. The summed E-state index contributed by atoms with van der Waals surface area (Å²) in [5.41, 5.74) is 2.97. The Kier molecular flexibility index (Phi) is 8.02. The van der Waals surface area contributed by atoms with Gasteiger partial charge in [-0.2, -0.15) is 0 Å². The number of hydrogen-bond donors (Lipinski definition) is 1. The van der Waals surface area contributed by atoms with Crippen molar-refractivity contribution in [1.82, 2.24) is 4.98 Å². The van der Waals surface area contributed by atoms with Gasteiger partial charge in [0.1, 0.15) is 36.3 Å². The average molecular weight is 437 g/mol. The third kappa shape index (κ3) is 6.20. The zero-order valence-electron chi connectivity index (χ0n) is 18.6. The molecule has 0 aliphatic rings.